The molecule has 2 rings (SSSR count). The van der Waals surface area contributed by atoms with E-state index in [1.165, 1.54) is 5.19 Å². The van der Waals surface area contributed by atoms with Crippen LogP contribution in [0.25, 0.3) is 0 Å². The van der Waals surface area contributed by atoms with Gasteiger partial charge in [0.15, 0.2) is 7.38 Å². The van der Waals surface area contributed by atoms with E-state index in [0.29, 0.717) is 6.54 Å². The Labute approximate surface area is 103 Å². The maximum Gasteiger partial charge on any atom is 0.180 e. The van der Waals surface area contributed by atoms with Crippen LogP contribution in [0.1, 0.15) is 5.56 Å². The van der Waals surface area contributed by atoms with Crippen LogP contribution in [-0.4, -0.2) is 14.0 Å². The standard InChI is InChI=1S/C9H14ClNSi.C3H4O/c1-12(2,10)9-5-3-4-8(6-9)7-11;1-3-2-4-3/h3-6H,7,11H2,1-2H3;1-2H2. The first kappa shape index (κ1) is 13.3. The van der Waals surface area contributed by atoms with Gasteiger partial charge in [-0.3, -0.25) is 0 Å². The lowest BCUT2D eigenvalue weighted by Gasteiger charge is -2.13. The molecule has 0 saturated carbocycles. The fourth-order valence-corrected chi connectivity index (χ4v) is 2.49. The number of benzene rings is 1. The largest absolute Gasteiger partial charge is 0.487 e. The van der Waals surface area contributed by atoms with E-state index in [4.69, 9.17) is 16.8 Å². The first-order valence-electron chi connectivity index (χ1n) is 5.22. The summed E-state index contributed by atoms with van der Waals surface area (Å²) in [5.74, 6) is 0.917. The molecule has 1 aromatic carbocycles. The van der Waals surface area contributed by atoms with Gasteiger partial charge in [-0.1, -0.05) is 43.9 Å². The zero-order valence-corrected chi connectivity index (χ0v) is 11.6. The highest BCUT2D eigenvalue weighted by Gasteiger charge is 2.19. The molecular weight excluding hydrogens is 238 g/mol. The lowest BCUT2D eigenvalue weighted by atomic mass is 10.2. The first-order valence-corrected chi connectivity index (χ1v) is 9.23. The van der Waals surface area contributed by atoms with Gasteiger partial charge < -0.3 is 10.5 Å². The van der Waals surface area contributed by atoms with Crippen molar-refractivity contribution in [2.24, 2.45) is 5.73 Å². The van der Waals surface area contributed by atoms with Gasteiger partial charge in [0.05, 0.1) is 0 Å². The van der Waals surface area contributed by atoms with E-state index in [2.05, 4.69) is 36.5 Å². The van der Waals surface area contributed by atoms with Crippen LogP contribution in [0.15, 0.2) is 36.6 Å². The molecule has 1 heterocycles. The van der Waals surface area contributed by atoms with Crippen molar-refractivity contribution in [3.8, 4) is 0 Å². The van der Waals surface area contributed by atoms with Crippen molar-refractivity contribution in [3.05, 3.63) is 42.2 Å². The molecular formula is C12H18ClNOSi. The average molecular weight is 256 g/mol. The van der Waals surface area contributed by atoms with Crippen LogP contribution in [0.3, 0.4) is 0 Å². The Morgan fingerprint density at radius 1 is 1.50 bits per heavy atom. The van der Waals surface area contributed by atoms with Crippen LogP contribution in [0.4, 0.5) is 0 Å². The molecule has 1 aliphatic heterocycles. The van der Waals surface area contributed by atoms with Crippen molar-refractivity contribution < 1.29 is 4.74 Å². The monoisotopic (exact) mass is 255 g/mol. The molecule has 1 saturated heterocycles. The molecule has 0 bridgehead atoms. The second-order valence-corrected chi connectivity index (χ2v) is 10.6. The summed E-state index contributed by atoms with van der Waals surface area (Å²) in [4.78, 5) is 0. The number of rotatable bonds is 2. The van der Waals surface area contributed by atoms with E-state index in [0.717, 1.165) is 17.9 Å². The number of ether oxygens (including phenoxy) is 1. The van der Waals surface area contributed by atoms with Crippen LogP contribution in [0.5, 0.6) is 0 Å². The van der Waals surface area contributed by atoms with E-state index in [-0.39, 0.29) is 0 Å². The minimum absolute atomic E-state index is 0.592. The Morgan fingerprint density at radius 3 is 2.44 bits per heavy atom. The summed E-state index contributed by atoms with van der Waals surface area (Å²) >= 11 is 6.29. The lowest BCUT2D eigenvalue weighted by molar-refractivity contribution is 0.511. The number of epoxide rings is 1. The Hall–Kier alpha value is -0.773. The fraction of sp³-hybridized carbons (Fsp3) is 0.333. The zero-order chi connectivity index (χ0) is 12.2. The molecule has 0 unspecified atom stereocenters. The summed E-state index contributed by atoms with van der Waals surface area (Å²) < 4.78 is 4.51. The van der Waals surface area contributed by atoms with Gasteiger partial charge in [-0.15, -0.1) is 0 Å². The van der Waals surface area contributed by atoms with E-state index in [1.54, 1.807) is 0 Å². The van der Waals surface area contributed by atoms with Gasteiger partial charge >= 0.3 is 0 Å². The Bertz CT molecular complexity index is 368. The summed E-state index contributed by atoms with van der Waals surface area (Å²) in [6.07, 6.45) is 0. The lowest BCUT2D eigenvalue weighted by Crippen LogP contribution is -2.35. The van der Waals surface area contributed by atoms with Gasteiger partial charge in [-0.05, 0) is 10.8 Å². The Morgan fingerprint density at radius 2 is 2.06 bits per heavy atom. The molecule has 2 nitrogen and oxygen atoms in total. The molecule has 4 heteroatoms. The van der Waals surface area contributed by atoms with E-state index >= 15 is 0 Å². The molecule has 1 aromatic rings. The van der Waals surface area contributed by atoms with Gasteiger partial charge in [-0.25, -0.2) is 0 Å². The van der Waals surface area contributed by atoms with Gasteiger partial charge in [0, 0.05) is 6.54 Å². The quantitative estimate of drug-likeness (QED) is 0.501. The van der Waals surface area contributed by atoms with Crippen molar-refractivity contribution in [3.63, 3.8) is 0 Å². The molecule has 0 spiro atoms. The molecule has 0 aromatic heterocycles. The fourth-order valence-electron chi connectivity index (χ4n) is 1.12. The van der Waals surface area contributed by atoms with Crippen molar-refractivity contribution >= 4 is 23.6 Å². The second kappa shape index (κ2) is 5.52. The van der Waals surface area contributed by atoms with Gasteiger partial charge in [0.1, 0.15) is 12.4 Å². The van der Waals surface area contributed by atoms with Gasteiger partial charge in [0.25, 0.3) is 0 Å². The van der Waals surface area contributed by atoms with Crippen LogP contribution < -0.4 is 10.9 Å². The van der Waals surface area contributed by atoms with Gasteiger partial charge in [0.2, 0.25) is 0 Å². The number of hydrogen-bond donors (Lipinski definition) is 1. The maximum atomic E-state index is 6.29. The van der Waals surface area contributed by atoms with E-state index < -0.39 is 7.38 Å². The second-order valence-electron chi connectivity index (χ2n) is 4.20. The molecule has 0 radical (unpaired) electrons. The third kappa shape index (κ3) is 4.83. The van der Waals surface area contributed by atoms with Crippen LogP contribution >= 0.6 is 11.1 Å². The third-order valence-corrected chi connectivity index (χ3v) is 4.54. The minimum atomic E-state index is -1.66. The number of nitrogens with two attached hydrogens (primary N) is 1. The van der Waals surface area contributed by atoms with Crippen molar-refractivity contribution in [2.45, 2.75) is 19.6 Å². The van der Waals surface area contributed by atoms with Crippen LogP contribution in [0, 0.1) is 0 Å². The molecule has 1 fully saturated rings. The highest BCUT2D eigenvalue weighted by molar-refractivity contribution is 7.26. The maximum absolute atomic E-state index is 6.29. The first-order chi connectivity index (χ1) is 7.43. The highest BCUT2D eigenvalue weighted by Crippen LogP contribution is 2.09. The summed E-state index contributed by atoms with van der Waals surface area (Å²) in [6.45, 7) is 9.06. The molecule has 0 amide bonds. The summed E-state index contributed by atoms with van der Waals surface area (Å²) in [5.41, 5.74) is 6.70. The van der Waals surface area contributed by atoms with Gasteiger partial charge in [-0.2, -0.15) is 11.1 Å². The molecule has 88 valence electrons. The van der Waals surface area contributed by atoms with Crippen molar-refractivity contribution in [2.75, 3.05) is 6.61 Å². The topological polar surface area (TPSA) is 38.5 Å². The molecule has 2 N–H and O–H groups in total. The number of halogens is 1. The Kier molecular flexibility index (Phi) is 4.59. The molecule has 0 atom stereocenters. The Balaban J connectivity index is 0.000000267. The van der Waals surface area contributed by atoms with Crippen molar-refractivity contribution in [1.29, 1.82) is 0 Å². The third-order valence-electron chi connectivity index (χ3n) is 2.20. The smallest absolute Gasteiger partial charge is 0.180 e. The molecule has 1 aliphatic rings. The minimum Gasteiger partial charge on any atom is -0.487 e. The van der Waals surface area contributed by atoms with E-state index in [1.807, 2.05) is 12.1 Å². The van der Waals surface area contributed by atoms with Crippen LogP contribution in [-0.2, 0) is 11.3 Å². The summed E-state index contributed by atoms with van der Waals surface area (Å²) in [5, 5.41) is 1.26. The van der Waals surface area contributed by atoms with Crippen molar-refractivity contribution in [1.82, 2.24) is 0 Å². The normalized spacial score (nSPS) is 13.6. The highest BCUT2D eigenvalue weighted by atomic mass is 35.6. The predicted molar refractivity (Wildman–Crippen MR) is 72.4 cm³/mol. The SMILES string of the molecule is C=C1CO1.C[Si](C)(Cl)c1cccc(CN)c1. The summed E-state index contributed by atoms with van der Waals surface area (Å²) in [7, 11) is -1.66. The van der Waals surface area contributed by atoms with E-state index in [9.17, 15) is 0 Å². The summed E-state index contributed by atoms with van der Waals surface area (Å²) in [6, 6.07) is 8.24. The predicted octanol–water partition coefficient (Wildman–Crippen LogP) is 2.33. The average Bonchev–Trinajstić information content (AvgIpc) is 3.00. The molecule has 16 heavy (non-hydrogen) atoms. The number of hydrogen-bond acceptors (Lipinski definition) is 2. The molecule has 0 aliphatic carbocycles. The zero-order valence-electron chi connectivity index (χ0n) is 9.79. The van der Waals surface area contributed by atoms with Crippen LogP contribution in [0.2, 0.25) is 13.1 Å².